The summed E-state index contributed by atoms with van der Waals surface area (Å²) in [7, 11) is 7.64. The average molecular weight is 546 g/mol. The van der Waals surface area contributed by atoms with Crippen LogP contribution in [-0.2, 0) is 30.7 Å². The van der Waals surface area contributed by atoms with Crippen molar-refractivity contribution in [3.8, 4) is 0 Å². The molecule has 0 aromatic carbocycles. The van der Waals surface area contributed by atoms with Gasteiger partial charge in [-0.05, 0) is 33.4 Å². The molecule has 1 aliphatic carbocycles. The van der Waals surface area contributed by atoms with Crippen molar-refractivity contribution in [2.75, 3.05) is 41.3 Å². The average Bonchev–Trinajstić information content (AvgIpc) is 3.48. The van der Waals surface area contributed by atoms with Gasteiger partial charge in [0.2, 0.25) is 5.91 Å². The second-order valence-corrected chi connectivity index (χ2v) is 12.8. The Kier molecular flexibility index (Phi) is 7.62. The van der Waals surface area contributed by atoms with Gasteiger partial charge in [-0.25, -0.2) is 9.97 Å². The fourth-order valence-corrected chi connectivity index (χ4v) is 7.58. The maximum absolute atomic E-state index is 13.3. The summed E-state index contributed by atoms with van der Waals surface area (Å²) < 4.78 is 0. The van der Waals surface area contributed by atoms with Crippen LogP contribution in [0.15, 0.2) is 0 Å². The Morgan fingerprint density at radius 2 is 1.35 bits per heavy atom. The molecule has 0 saturated heterocycles. The van der Waals surface area contributed by atoms with Crippen molar-refractivity contribution in [1.29, 1.82) is 0 Å². The first-order valence-corrected chi connectivity index (χ1v) is 14.5. The van der Waals surface area contributed by atoms with Crippen LogP contribution in [0, 0.1) is 5.92 Å². The van der Waals surface area contributed by atoms with Crippen LogP contribution in [0.5, 0.6) is 0 Å². The van der Waals surface area contributed by atoms with Crippen molar-refractivity contribution in [3.05, 3.63) is 31.2 Å². The predicted octanol–water partition coefficient (Wildman–Crippen LogP) is 1.36. The van der Waals surface area contributed by atoms with E-state index in [4.69, 9.17) is 0 Å². The van der Waals surface area contributed by atoms with E-state index in [9.17, 15) is 14.4 Å². The van der Waals surface area contributed by atoms with E-state index >= 15 is 0 Å². The lowest BCUT2D eigenvalue weighted by Crippen LogP contribution is -2.55. The fourth-order valence-electron chi connectivity index (χ4n) is 5.39. The molecule has 200 valence electrons. The summed E-state index contributed by atoms with van der Waals surface area (Å²) in [6.07, 6.45) is 3.42. The summed E-state index contributed by atoms with van der Waals surface area (Å²) in [6.45, 7) is 3.48. The second kappa shape index (κ2) is 10.8. The minimum atomic E-state index is -0.372. The Balaban J connectivity index is 1.31. The molecule has 2 N–H and O–H groups in total. The predicted molar refractivity (Wildman–Crippen MR) is 143 cm³/mol. The number of nitrogens with one attached hydrogen (secondary N) is 2. The molecule has 2 aromatic heterocycles. The van der Waals surface area contributed by atoms with Crippen LogP contribution in [0.2, 0.25) is 0 Å². The number of rotatable bonds is 5. The van der Waals surface area contributed by atoms with E-state index in [0.717, 1.165) is 60.2 Å². The number of hydrogen-bond donors (Lipinski definition) is 2. The zero-order valence-corrected chi connectivity index (χ0v) is 23.5. The largest absolute Gasteiger partial charge is 0.349 e. The third-order valence-electron chi connectivity index (χ3n) is 7.51. The first-order valence-electron chi connectivity index (χ1n) is 12.8. The van der Waals surface area contributed by atoms with E-state index in [-0.39, 0.29) is 35.7 Å². The molecule has 5 rings (SSSR count). The molecule has 4 heterocycles. The monoisotopic (exact) mass is 545 g/mol. The van der Waals surface area contributed by atoms with E-state index in [1.807, 2.05) is 0 Å². The van der Waals surface area contributed by atoms with Gasteiger partial charge >= 0.3 is 0 Å². The number of hydrogen-bond acceptors (Lipinski definition) is 9. The van der Waals surface area contributed by atoms with Crippen LogP contribution < -0.4 is 10.6 Å². The first-order chi connectivity index (χ1) is 17.7. The van der Waals surface area contributed by atoms with Gasteiger partial charge in [0, 0.05) is 74.8 Å². The normalized spacial score (nSPS) is 24.2. The standard InChI is InChI=1S/C25H35N7O3S2/c1-30(2)25(35)14-5-6-15(26-21(33)23-28-16-7-9-31(3)12-19(16)36-23)18(11-14)27-22(34)24-29-17-8-10-32(4)13-20(17)37-24/h14-15,18H,5-13H2,1-4H3,(H,26,33)(H,27,34)/t14-,15-,18+/m0/s1. The van der Waals surface area contributed by atoms with Gasteiger partial charge in [-0.1, -0.05) is 0 Å². The summed E-state index contributed by atoms with van der Waals surface area (Å²) in [4.78, 5) is 56.8. The Morgan fingerprint density at radius 1 is 0.838 bits per heavy atom. The Labute approximate surface area is 225 Å². The van der Waals surface area contributed by atoms with Crippen LogP contribution in [0.1, 0.15) is 60.0 Å². The van der Waals surface area contributed by atoms with Gasteiger partial charge in [0.1, 0.15) is 0 Å². The van der Waals surface area contributed by atoms with E-state index in [2.05, 4.69) is 44.5 Å². The Hall–Kier alpha value is -2.41. The number of carbonyl (C=O) groups is 3. The number of fused-ring (bicyclic) bond motifs is 2. The van der Waals surface area contributed by atoms with Gasteiger partial charge in [-0.15, -0.1) is 22.7 Å². The molecule has 2 aliphatic heterocycles. The maximum atomic E-state index is 13.3. The van der Waals surface area contributed by atoms with E-state index in [0.29, 0.717) is 29.3 Å². The second-order valence-electron chi connectivity index (χ2n) is 10.7. The maximum Gasteiger partial charge on any atom is 0.280 e. The highest BCUT2D eigenvalue weighted by molar-refractivity contribution is 7.14. The van der Waals surface area contributed by atoms with Gasteiger partial charge < -0.3 is 25.3 Å². The fraction of sp³-hybridized carbons (Fsp3) is 0.640. The third kappa shape index (κ3) is 5.71. The third-order valence-corrected chi connectivity index (χ3v) is 9.67. The molecule has 3 aliphatic rings. The molecule has 0 bridgehead atoms. The van der Waals surface area contributed by atoms with E-state index < -0.39 is 0 Å². The van der Waals surface area contributed by atoms with Gasteiger partial charge in [0.05, 0.1) is 17.4 Å². The zero-order chi connectivity index (χ0) is 26.3. The SMILES string of the molecule is CN1CCc2nc(C(=O)N[C@H]3CC[C@H](C(=O)N(C)C)C[C@H]3NC(=O)c3nc4c(s3)CN(C)CC4)sc2C1. The minimum Gasteiger partial charge on any atom is -0.349 e. The highest BCUT2D eigenvalue weighted by Gasteiger charge is 2.37. The topological polar surface area (TPSA) is 111 Å². The van der Waals surface area contributed by atoms with Crippen LogP contribution >= 0.6 is 22.7 Å². The summed E-state index contributed by atoms with van der Waals surface area (Å²) >= 11 is 2.88. The lowest BCUT2D eigenvalue weighted by Gasteiger charge is -2.37. The van der Waals surface area contributed by atoms with E-state index in [1.165, 1.54) is 22.7 Å². The molecule has 3 atom stereocenters. The molecule has 37 heavy (non-hydrogen) atoms. The molecule has 12 heteroatoms. The molecule has 3 amide bonds. The number of amides is 3. The summed E-state index contributed by atoms with van der Waals surface area (Å²) in [5.74, 6) is -0.601. The number of aromatic nitrogens is 2. The van der Waals surface area contributed by atoms with Crippen LogP contribution in [-0.4, -0.2) is 95.8 Å². The highest BCUT2D eigenvalue weighted by Crippen LogP contribution is 2.29. The van der Waals surface area contributed by atoms with Crippen LogP contribution in [0.25, 0.3) is 0 Å². The van der Waals surface area contributed by atoms with Crippen LogP contribution in [0.3, 0.4) is 0 Å². The van der Waals surface area contributed by atoms with Gasteiger partial charge in [-0.2, -0.15) is 0 Å². The zero-order valence-electron chi connectivity index (χ0n) is 21.9. The molecule has 1 saturated carbocycles. The highest BCUT2D eigenvalue weighted by atomic mass is 32.1. The lowest BCUT2D eigenvalue weighted by atomic mass is 9.81. The number of carbonyl (C=O) groups excluding carboxylic acids is 3. The van der Waals surface area contributed by atoms with Crippen molar-refractivity contribution >= 4 is 40.4 Å². The number of likely N-dealkylation sites (N-methyl/N-ethyl adjacent to an activating group) is 2. The number of thiazole rings is 2. The summed E-state index contributed by atoms with van der Waals surface area (Å²) in [5.41, 5.74) is 2.01. The molecule has 0 unspecified atom stereocenters. The minimum absolute atomic E-state index is 0.0495. The van der Waals surface area contributed by atoms with Crippen LogP contribution in [0.4, 0.5) is 0 Å². The Bertz CT molecular complexity index is 1190. The molecule has 0 radical (unpaired) electrons. The van der Waals surface area contributed by atoms with Crippen molar-refractivity contribution < 1.29 is 14.4 Å². The number of nitrogens with zero attached hydrogens (tertiary/aromatic N) is 5. The molecular weight excluding hydrogens is 510 g/mol. The molecule has 0 spiro atoms. The quantitative estimate of drug-likeness (QED) is 0.584. The van der Waals surface area contributed by atoms with Crippen molar-refractivity contribution in [2.45, 2.75) is 57.3 Å². The smallest absolute Gasteiger partial charge is 0.280 e. The van der Waals surface area contributed by atoms with Crippen molar-refractivity contribution in [2.24, 2.45) is 5.92 Å². The lowest BCUT2D eigenvalue weighted by molar-refractivity contribution is -0.134. The molecule has 10 nitrogen and oxygen atoms in total. The van der Waals surface area contributed by atoms with Gasteiger partial charge in [-0.3, -0.25) is 14.4 Å². The molecule has 2 aromatic rings. The molecule has 1 fully saturated rings. The van der Waals surface area contributed by atoms with Crippen molar-refractivity contribution in [1.82, 2.24) is 35.3 Å². The summed E-state index contributed by atoms with van der Waals surface area (Å²) in [5, 5.41) is 7.18. The van der Waals surface area contributed by atoms with Gasteiger partial charge in [0.25, 0.3) is 11.8 Å². The Morgan fingerprint density at radius 3 is 1.86 bits per heavy atom. The molecular formula is C25H35N7O3S2. The van der Waals surface area contributed by atoms with Crippen molar-refractivity contribution in [3.63, 3.8) is 0 Å². The van der Waals surface area contributed by atoms with E-state index in [1.54, 1.807) is 19.0 Å². The van der Waals surface area contributed by atoms with Gasteiger partial charge in [0.15, 0.2) is 10.0 Å². The first kappa shape index (κ1) is 26.2. The summed E-state index contributed by atoms with van der Waals surface area (Å²) in [6, 6.07) is -0.657.